The van der Waals surface area contributed by atoms with Crippen molar-refractivity contribution in [1.29, 1.82) is 5.41 Å². The van der Waals surface area contributed by atoms with E-state index in [1.807, 2.05) is 13.8 Å². The van der Waals surface area contributed by atoms with Gasteiger partial charge in [0, 0.05) is 43.4 Å². The molecule has 0 fully saturated rings. The number of aromatic nitrogens is 5. The van der Waals surface area contributed by atoms with Gasteiger partial charge in [0.2, 0.25) is 6.79 Å². The summed E-state index contributed by atoms with van der Waals surface area (Å²) in [4.78, 5) is 45.5. The Balaban J connectivity index is 0.00000180. The number of carboxylic acids is 1. The fourth-order valence-electron chi connectivity index (χ4n) is 4.64. The molecule has 0 saturated heterocycles. The molecule has 18 heteroatoms. The molecule has 0 aliphatic heterocycles. The van der Waals surface area contributed by atoms with E-state index in [0.29, 0.717) is 18.4 Å². The molecule has 0 amide bonds. The second-order valence-corrected chi connectivity index (χ2v) is 11.0. The van der Waals surface area contributed by atoms with Gasteiger partial charge in [0.25, 0.3) is 11.9 Å². The maximum absolute atomic E-state index is 16.3. The van der Waals surface area contributed by atoms with Crippen LogP contribution < -0.4 is 19.9 Å². The van der Waals surface area contributed by atoms with Crippen molar-refractivity contribution in [3.63, 3.8) is 0 Å². The molecule has 0 aliphatic carbocycles. The van der Waals surface area contributed by atoms with Crippen LogP contribution in [-0.2, 0) is 30.2 Å². The number of rotatable bonds is 17. The highest BCUT2D eigenvalue weighted by molar-refractivity contribution is 5.94. The number of carbonyl (C=O) groups is 3. The van der Waals surface area contributed by atoms with Crippen molar-refractivity contribution in [2.45, 2.75) is 59.0 Å². The summed E-state index contributed by atoms with van der Waals surface area (Å²) in [6.45, 7) is 5.34. The third kappa shape index (κ3) is 12.7. The SMILES string of the molecule is CC(=O)O.CCC(CC)OC(=O)OCOc1nc([C@H](Cc2ccc(C(=N)N)cc2)c2cc(OC)cc(OCCOC(C)=O)c2F)nn1-c1ncccn1. The standard InChI is InChI=1S/C33H38FN7O8.C2H4O2/c1-5-23(6-2)49-33(43)48-19-47-32-39-30(40-41(32)31-37-12-7-13-38-31)26(16-21-8-10-22(11-9-21)29(35)36)25-17-24(44-4)18-27(28(25)34)46-15-14-45-20(3)42;1-2(3)4/h7-13,17-18,23,26H,5-6,14-16,19H2,1-4H3,(H3,35,36);1H3,(H,3,4)/t26-;/m1./s1. The van der Waals surface area contributed by atoms with Gasteiger partial charge in [-0.15, -0.1) is 9.78 Å². The van der Waals surface area contributed by atoms with Crippen molar-refractivity contribution in [2.75, 3.05) is 27.1 Å². The number of carbonyl (C=O) groups excluding carboxylic acids is 2. The van der Waals surface area contributed by atoms with Gasteiger partial charge in [-0.05, 0) is 37.0 Å². The Morgan fingerprint density at radius 3 is 2.25 bits per heavy atom. The number of carboxylic acid groups (broad SMARTS) is 1. The van der Waals surface area contributed by atoms with E-state index in [9.17, 15) is 9.59 Å². The molecule has 0 bridgehead atoms. The molecular weight excluding hydrogens is 697 g/mol. The fourth-order valence-corrected chi connectivity index (χ4v) is 4.64. The van der Waals surface area contributed by atoms with E-state index in [0.717, 1.165) is 12.5 Å². The van der Waals surface area contributed by atoms with E-state index < -0.39 is 36.6 Å². The van der Waals surface area contributed by atoms with Crippen molar-refractivity contribution in [2.24, 2.45) is 5.73 Å². The monoisotopic (exact) mass is 739 g/mol. The van der Waals surface area contributed by atoms with Gasteiger partial charge in [0.1, 0.15) is 30.9 Å². The van der Waals surface area contributed by atoms with Gasteiger partial charge in [-0.3, -0.25) is 15.0 Å². The lowest BCUT2D eigenvalue weighted by Gasteiger charge is -2.19. The third-order valence-corrected chi connectivity index (χ3v) is 7.19. The fraction of sp³-hybridized carbons (Fsp3) is 0.371. The smallest absolute Gasteiger partial charge is 0.497 e. The van der Waals surface area contributed by atoms with Gasteiger partial charge in [0.05, 0.1) is 13.0 Å². The Morgan fingerprint density at radius 2 is 1.66 bits per heavy atom. The average Bonchev–Trinajstić information content (AvgIpc) is 3.56. The summed E-state index contributed by atoms with van der Waals surface area (Å²) in [6.07, 6.45) is 3.16. The highest BCUT2D eigenvalue weighted by Crippen LogP contribution is 2.37. The molecule has 53 heavy (non-hydrogen) atoms. The van der Waals surface area contributed by atoms with Crippen LogP contribution in [0.25, 0.3) is 5.95 Å². The van der Waals surface area contributed by atoms with Crippen molar-refractivity contribution >= 4 is 23.9 Å². The number of hydrogen-bond acceptors (Lipinski definition) is 14. The van der Waals surface area contributed by atoms with E-state index in [1.54, 1.807) is 30.3 Å². The minimum atomic E-state index is -0.914. The predicted molar refractivity (Wildman–Crippen MR) is 186 cm³/mol. The van der Waals surface area contributed by atoms with Gasteiger partial charge < -0.3 is 39.3 Å². The van der Waals surface area contributed by atoms with Crippen LogP contribution in [0.2, 0.25) is 0 Å². The maximum Gasteiger partial charge on any atom is 0.511 e. The van der Waals surface area contributed by atoms with E-state index in [1.165, 1.54) is 43.2 Å². The van der Waals surface area contributed by atoms with E-state index in [4.69, 9.17) is 49.5 Å². The topological polar surface area (TPSA) is 233 Å². The second-order valence-electron chi connectivity index (χ2n) is 11.0. The van der Waals surface area contributed by atoms with E-state index >= 15 is 4.39 Å². The van der Waals surface area contributed by atoms with Gasteiger partial charge in [0.15, 0.2) is 17.4 Å². The quantitative estimate of drug-likeness (QED) is 0.0442. The van der Waals surface area contributed by atoms with Crippen LogP contribution in [0.3, 0.4) is 0 Å². The first-order valence-electron chi connectivity index (χ1n) is 16.3. The molecule has 0 spiro atoms. The summed E-state index contributed by atoms with van der Waals surface area (Å²) in [5.41, 5.74) is 7.00. The number of methoxy groups -OCH3 is 1. The lowest BCUT2D eigenvalue weighted by atomic mass is 9.90. The van der Waals surface area contributed by atoms with Crippen LogP contribution in [0.5, 0.6) is 17.5 Å². The number of esters is 1. The molecule has 2 aromatic heterocycles. The predicted octanol–water partition coefficient (Wildman–Crippen LogP) is 4.57. The molecule has 17 nitrogen and oxygen atoms in total. The zero-order valence-electron chi connectivity index (χ0n) is 29.9. The number of halogens is 1. The minimum Gasteiger partial charge on any atom is -0.497 e. The second kappa shape index (κ2) is 20.5. The normalized spacial score (nSPS) is 11.1. The molecule has 0 radical (unpaired) electrons. The van der Waals surface area contributed by atoms with Crippen LogP contribution in [0.15, 0.2) is 54.9 Å². The maximum atomic E-state index is 16.3. The Morgan fingerprint density at radius 1 is 1.00 bits per heavy atom. The molecule has 2 aromatic carbocycles. The summed E-state index contributed by atoms with van der Waals surface area (Å²) in [5, 5.41) is 19.8. The molecular formula is C35H42FN7O10. The van der Waals surface area contributed by atoms with E-state index in [-0.39, 0.29) is 66.4 Å². The van der Waals surface area contributed by atoms with Crippen molar-refractivity contribution in [3.8, 4) is 23.5 Å². The van der Waals surface area contributed by atoms with Gasteiger partial charge in [-0.25, -0.2) is 19.2 Å². The zero-order valence-corrected chi connectivity index (χ0v) is 29.9. The minimum absolute atomic E-state index is 0.0843. The first-order valence-corrected chi connectivity index (χ1v) is 16.3. The Hall–Kier alpha value is -6.33. The number of benzene rings is 2. The molecule has 0 saturated carbocycles. The molecule has 4 N–H and O–H groups in total. The number of aliphatic carboxylic acids is 1. The van der Waals surface area contributed by atoms with Gasteiger partial charge in [-0.2, -0.15) is 4.98 Å². The third-order valence-electron chi connectivity index (χ3n) is 7.19. The highest BCUT2D eigenvalue weighted by Gasteiger charge is 2.29. The van der Waals surface area contributed by atoms with Crippen LogP contribution in [0, 0.1) is 11.2 Å². The van der Waals surface area contributed by atoms with Crippen molar-refractivity contribution in [1.82, 2.24) is 24.7 Å². The molecule has 2 heterocycles. The van der Waals surface area contributed by atoms with Crippen molar-refractivity contribution in [3.05, 3.63) is 83.2 Å². The van der Waals surface area contributed by atoms with E-state index in [2.05, 4.69) is 20.1 Å². The number of nitrogens with zero attached hydrogens (tertiary/aromatic N) is 5. The Bertz CT molecular complexity index is 1820. The first kappa shape index (κ1) is 41.1. The number of nitrogen functional groups attached to an aromatic ring is 1. The molecule has 4 rings (SSSR count). The molecule has 4 aromatic rings. The summed E-state index contributed by atoms with van der Waals surface area (Å²) in [5.74, 6) is -2.74. The van der Waals surface area contributed by atoms with Crippen LogP contribution in [0.4, 0.5) is 9.18 Å². The summed E-state index contributed by atoms with van der Waals surface area (Å²) in [7, 11) is 1.43. The molecule has 1 atom stereocenters. The lowest BCUT2D eigenvalue weighted by molar-refractivity contribution is -0.141. The van der Waals surface area contributed by atoms with Crippen LogP contribution in [-0.4, -0.2) is 87.0 Å². The van der Waals surface area contributed by atoms with Crippen molar-refractivity contribution < 1.29 is 52.3 Å². The number of nitrogens with one attached hydrogen (secondary N) is 1. The largest absolute Gasteiger partial charge is 0.511 e. The summed E-state index contributed by atoms with van der Waals surface area (Å²) in [6, 6.07) is 11.2. The number of amidine groups is 1. The number of ether oxygens (including phenoxy) is 6. The van der Waals surface area contributed by atoms with Gasteiger partial charge >= 0.3 is 18.1 Å². The summed E-state index contributed by atoms with van der Waals surface area (Å²) >= 11 is 0. The highest BCUT2D eigenvalue weighted by atomic mass is 19.1. The average molecular weight is 740 g/mol. The Labute approximate surface area is 304 Å². The number of nitrogens with two attached hydrogens (primary N) is 1. The van der Waals surface area contributed by atoms with Crippen LogP contribution >= 0.6 is 0 Å². The molecule has 0 aliphatic rings. The molecule has 0 unspecified atom stereocenters. The van der Waals surface area contributed by atoms with Gasteiger partial charge in [-0.1, -0.05) is 38.1 Å². The zero-order chi connectivity index (χ0) is 38.9. The summed E-state index contributed by atoms with van der Waals surface area (Å²) < 4.78 is 49.7. The first-order chi connectivity index (χ1) is 25.4. The lowest BCUT2D eigenvalue weighted by Crippen LogP contribution is -2.20. The molecule has 284 valence electrons. The van der Waals surface area contributed by atoms with Crippen LogP contribution in [0.1, 0.15) is 69.0 Å². The Kier molecular flexibility index (Phi) is 15.9. The number of hydrogen-bond donors (Lipinski definition) is 3.